The maximum Gasteiger partial charge on any atom is 0.274 e. The van der Waals surface area contributed by atoms with Gasteiger partial charge >= 0.3 is 0 Å². The third kappa shape index (κ3) is 2.68. The van der Waals surface area contributed by atoms with E-state index in [0.717, 1.165) is 56.1 Å². The first-order valence-corrected chi connectivity index (χ1v) is 8.75. The molecule has 1 fully saturated rings. The van der Waals surface area contributed by atoms with Gasteiger partial charge in [0.05, 0.1) is 17.9 Å². The lowest BCUT2D eigenvalue weighted by atomic mass is 10.2. The van der Waals surface area contributed by atoms with Crippen LogP contribution in [0, 0.1) is 6.92 Å². The molecule has 7 heteroatoms. The molecule has 0 saturated carbocycles. The van der Waals surface area contributed by atoms with Crippen molar-refractivity contribution < 1.29 is 4.79 Å². The van der Waals surface area contributed by atoms with Gasteiger partial charge in [-0.2, -0.15) is 0 Å². The van der Waals surface area contributed by atoms with E-state index in [1.807, 2.05) is 11.8 Å². The standard InChI is InChI=1S/C17H22N6O/c1-12-10-19-13(11-18-12)17(24)22-9-5-6-14(22)16-21-20-15-7-3-2-4-8-23(15)16/h10-11,14H,2-9H2,1H3/t14-/m1/s1. The van der Waals surface area contributed by atoms with Crippen molar-refractivity contribution >= 4 is 5.91 Å². The van der Waals surface area contributed by atoms with E-state index in [9.17, 15) is 4.79 Å². The normalized spacial score (nSPS) is 20.7. The average Bonchev–Trinajstić information content (AvgIpc) is 3.16. The second kappa shape index (κ2) is 6.30. The van der Waals surface area contributed by atoms with Crippen LogP contribution in [0.25, 0.3) is 0 Å². The summed E-state index contributed by atoms with van der Waals surface area (Å²) >= 11 is 0. The molecule has 1 saturated heterocycles. The molecule has 2 aromatic rings. The first kappa shape index (κ1) is 15.2. The zero-order chi connectivity index (χ0) is 16.5. The molecule has 24 heavy (non-hydrogen) atoms. The Kier molecular flexibility index (Phi) is 4.00. The fourth-order valence-corrected chi connectivity index (χ4v) is 3.68. The first-order valence-electron chi connectivity index (χ1n) is 8.75. The van der Waals surface area contributed by atoms with Crippen molar-refractivity contribution in [3.63, 3.8) is 0 Å². The first-order chi connectivity index (χ1) is 11.7. The lowest BCUT2D eigenvalue weighted by Gasteiger charge is -2.24. The van der Waals surface area contributed by atoms with Crippen molar-refractivity contribution in [2.75, 3.05) is 6.54 Å². The minimum Gasteiger partial charge on any atom is -0.327 e. The van der Waals surface area contributed by atoms with Gasteiger partial charge in [-0.25, -0.2) is 4.98 Å². The van der Waals surface area contributed by atoms with Crippen molar-refractivity contribution in [1.29, 1.82) is 0 Å². The largest absolute Gasteiger partial charge is 0.327 e. The number of hydrogen-bond donors (Lipinski definition) is 0. The molecular formula is C17H22N6O. The molecule has 0 spiro atoms. The number of hydrogen-bond acceptors (Lipinski definition) is 5. The summed E-state index contributed by atoms with van der Waals surface area (Å²) in [4.78, 5) is 23.2. The fourth-order valence-electron chi connectivity index (χ4n) is 3.68. The molecule has 126 valence electrons. The number of rotatable bonds is 2. The predicted molar refractivity (Wildman–Crippen MR) is 87.4 cm³/mol. The van der Waals surface area contributed by atoms with Gasteiger partial charge in [0.1, 0.15) is 11.5 Å². The maximum absolute atomic E-state index is 12.9. The average molecular weight is 326 g/mol. The van der Waals surface area contributed by atoms with Crippen LogP contribution < -0.4 is 0 Å². The molecule has 0 bridgehead atoms. The molecule has 7 nitrogen and oxygen atoms in total. The number of carbonyl (C=O) groups excluding carboxylic acids is 1. The summed E-state index contributed by atoms with van der Waals surface area (Å²) in [6.07, 6.45) is 9.67. The number of amides is 1. The third-order valence-corrected chi connectivity index (χ3v) is 4.95. The monoisotopic (exact) mass is 326 g/mol. The van der Waals surface area contributed by atoms with Gasteiger partial charge < -0.3 is 9.47 Å². The highest BCUT2D eigenvalue weighted by Gasteiger charge is 2.35. The summed E-state index contributed by atoms with van der Waals surface area (Å²) in [5, 5.41) is 8.83. The predicted octanol–water partition coefficient (Wildman–Crippen LogP) is 2.08. The van der Waals surface area contributed by atoms with Gasteiger partial charge in [0, 0.05) is 25.7 Å². The molecule has 0 N–H and O–H groups in total. The van der Waals surface area contributed by atoms with E-state index < -0.39 is 0 Å². The van der Waals surface area contributed by atoms with Crippen molar-refractivity contribution in [3.8, 4) is 0 Å². The molecule has 2 aromatic heterocycles. The van der Waals surface area contributed by atoms with Crippen LogP contribution in [-0.2, 0) is 13.0 Å². The second-order valence-corrected chi connectivity index (χ2v) is 6.64. The van der Waals surface area contributed by atoms with Crippen LogP contribution >= 0.6 is 0 Å². The Hall–Kier alpha value is -2.31. The Morgan fingerprint density at radius 3 is 2.83 bits per heavy atom. The van der Waals surface area contributed by atoms with Crippen LogP contribution in [0.15, 0.2) is 12.4 Å². The number of aryl methyl sites for hydroxylation is 2. The minimum atomic E-state index is -0.0593. The third-order valence-electron chi connectivity index (χ3n) is 4.95. The van der Waals surface area contributed by atoms with Crippen molar-refractivity contribution in [2.45, 2.75) is 58.0 Å². The van der Waals surface area contributed by atoms with E-state index in [1.165, 1.54) is 12.8 Å². The lowest BCUT2D eigenvalue weighted by Crippen LogP contribution is -2.32. The zero-order valence-electron chi connectivity index (χ0n) is 14.0. The van der Waals surface area contributed by atoms with Gasteiger partial charge in [-0.15, -0.1) is 10.2 Å². The van der Waals surface area contributed by atoms with Crippen LogP contribution in [-0.4, -0.2) is 42.1 Å². The van der Waals surface area contributed by atoms with Gasteiger partial charge in [0.2, 0.25) is 0 Å². The van der Waals surface area contributed by atoms with Crippen molar-refractivity contribution in [1.82, 2.24) is 29.6 Å². The molecule has 4 rings (SSSR count). The van der Waals surface area contributed by atoms with Gasteiger partial charge in [-0.05, 0) is 32.6 Å². The van der Waals surface area contributed by atoms with Gasteiger partial charge in [-0.3, -0.25) is 9.78 Å². The SMILES string of the molecule is Cc1cnc(C(=O)N2CCC[C@@H]2c2nnc3n2CCCCC3)cn1. The maximum atomic E-state index is 12.9. The number of carbonyl (C=O) groups is 1. The fraction of sp³-hybridized carbons (Fsp3) is 0.588. The Labute approximate surface area is 141 Å². The summed E-state index contributed by atoms with van der Waals surface area (Å²) < 4.78 is 2.24. The van der Waals surface area contributed by atoms with E-state index in [1.54, 1.807) is 12.4 Å². The van der Waals surface area contributed by atoms with E-state index in [-0.39, 0.29) is 11.9 Å². The molecule has 1 amide bonds. The Morgan fingerprint density at radius 1 is 1.08 bits per heavy atom. The summed E-state index contributed by atoms with van der Waals surface area (Å²) in [7, 11) is 0. The summed E-state index contributed by atoms with van der Waals surface area (Å²) in [6, 6.07) is -0.0000435. The molecule has 0 aliphatic carbocycles. The van der Waals surface area contributed by atoms with E-state index >= 15 is 0 Å². The molecule has 0 aromatic carbocycles. The minimum absolute atomic E-state index is 0.0000435. The molecule has 0 unspecified atom stereocenters. The Balaban J connectivity index is 1.62. The van der Waals surface area contributed by atoms with Gasteiger partial charge in [0.25, 0.3) is 5.91 Å². The van der Waals surface area contributed by atoms with Gasteiger partial charge in [0.15, 0.2) is 5.82 Å². The highest BCUT2D eigenvalue weighted by atomic mass is 16.2. The quantitative estimate of drug-likeness (QED) is 0.844. The van der Waals surface area contributed by atoms with Crippen molar-refractivity contribution in [3.05, 3.63) is 35.4 Å². The summed E-state index contributed by atoms with van der Waals surface area (Å²) in [5.41, 5.74) is 1.22. The second-order valence-electron chi connectivity index (χ2n) is 6.64. The van der Waals surface area contributed by atoms with Crippen LogP contribution in [0.5, 0.6) is 0 Å². The Morgan fingerprint density at radius 2 is 2.00 bits per heavy atom. The van der Waals surface area contributed by atoms with E-state index in [2.05, 4.69) is 24.7 Å². The summed E-state index contributed by atoms with van der Waals surface area (Å²) in [5.74, 6) is 1.95. The van der Waals surface area contributed by atoms with Crippen LogP contribution in [0.4, 0.5) is 0 Å². The highest BCUT2D eigenvalue weighted by molar-refractivity contribution is 5.92. The highest BCUT2D eigenvalue weighted by Crippen LogP contribution is 2.33. The lowest BCUT2D eigenvalue weighted by molar-refractivity contribution is 0.0720. The van der Waals surface area contributed by atoms with Crippen LogP contribution in [0.1, 0.15) is 66.0 Å². The van der Waals surface area contributed by atoms with Crippen LogP contribution in [0.3, 0.4) is 0 Å². The Bertz CT molecular complexity index is 738. The van der Waals surface area contributed by atoms with Crippen molar-refractivity contribution in [2.24, 2.45) is 0 Å². The number of likely N-dealkylation sites (tertiary alicyclic amines) is 1. The number of fused-ring (bicyclic) bond motifs is 1. The van der Waals surface area contributed by atoms with E-state index in [4.69, 9.17) is 0 Å². The summed E-state index contributed by atoms with van der Waals surface area (Å²) in [6.45, 7) is 3.56. The zero-order valence-corrected chi connectivity index (χ0v) is 14.0. The smallest absolute Gasteiger partial charge is 0.274 e. The number of nitrogens with zero attached hydrogens (tertiary/aromatic N) is 6. The molecule has 4 heterocycles. The molecule has 2 aliphatic rings. The van der Waals surface area contributed by atoms with Gasteiger partial charge in [-0.1, -0.05) is 6.42 Å². The topological polar surface area (TPSA) is 76.8 Å². The van der Waals surface area contributed by atoms with E-state index in [0.29, 0.717) is 5.69 Å². The molecular weight excluding hydrogens is 304 g/mol. The number of aromatic nitrogens is 5. The molecule has 1 atom stereocenters. The molecule has 0 radical (unpaired) electrons. The van der Waals surface area contributed by atoms with Crippen LogP contribution in [0.2, 0.25) is 0 Å². The molecule has 2 aliphatic heterocycles.